The van der Waals surface area contributed by atoms with E-state index in [-0.39, 0.29) is 28.8 Å². The Labute approximate surface area is 142 Å². The first kappa shape index (κ1) is 16.4. The second-order valence-electron chi connectivity index (χ2n) is 6.70. The van der Waals surface area contributed by atoms with Gasteiger partial charge in [0.2, 0.25) is 11.8 Å². The van der Waals surface area contributed by atoms with Crippen molar-refractivity contribution in [2.24, 2.45) is 0 Å². The van der Waals surface area contributed by atoms with Gasteiger partial charge in [-0.1, -0.05) is 30.3 Å². The van der Waals surface area contributed by atoms with Crippen molar-refractivity contribution in [3.63, 3.8) is 0 Å². The minimum atomic E-state index is -0.306. The number of carbonyl (C=O) groups excluding carboxylic acids is 2. The highest BCUT2D eigenvalue weighted by molar-refractivity contribution is 8.01. The zero-order valence-electron chi connectivity index (χ0n) is 13.7. The van der Waals surface area contributed by atoms with E-state index in [0.717, 1.165) is 19.3 Å². The number of rotatable bonds is 5. The molecule has 2 heterocycles. The molecule has 2 fully saturated rings. The average molecular weight is 332 g/mol. The second-order valence-corrected chi connectivity index (χ2v) is 8.20. The Kier molecular flexibility index (Phi) is 4.67. The second kappa shape index (κ2) is 6.56. The van der Waals surface area contributed by atoms with Crippen LogP contribution in [0.3, 0.4) is 0 Å². The predicted molar refractivity (Wildman–Crippen MR) is 93.1 cm³/mol. The summed E-state index contributed by atoms with van der Waals surface area (Å²) >= 11 is 1.74. The van der Waals surface area contributed by atoms with Crippen LogP contribution >= 0.6 is 11.8 Å². The monoisotopic (exact) mass is 332 g/mol. The summed E-state index contributed by atoms with van der Waals surface area (Å²) in [7, 11) is 0. The van der Waals surface area contributed by atoms with Gasteiger partial charge in [0, 0.05) is 18.2 Å². The number of nitrogens with one attached hydrogen (secondary N) is 1. The molecule has 0 spiro atoms. The van der Waals surface area contributed by atoms with Crippen molar-refractivity contribution in [1.82, 2.24) is 10.2 Å². The first-order valence-electron chi connectivity index (χ1n) is 8.30. The van der Waals surface area contributed by atoms with Crippen molar-refractivity contribution in [2.75, 3.05) is 5.75 Å². The lowest BCUT2D eigenvalue weighted by molar-refractivity contribution is -0.138. The third kappa shape index (κ3) is 3.39. The van der Waals surface area contributed by atoms with Crippen LogP contribution in [0.2, 0.25) is 0 Å². The number of aryl methyl sites for hydroxylation is 1. The molecule has 124 valence electrons. The molecular formula is C18H24N2O2S. The van der Waals surface area contributed by atoms with E-state index in [0.29, 0.717) is 12.2 Å². The summed E-state index contributed by atoms with van der Waals surface area (Å²) in [6, 6.07) is 10.1. The highest BCUT2D eigenvalue weighted by atomic mass is 32.2. The number of nitrogens with zero attached hydrogens (tertiary/aromatic N) is 1. The zero-order chi connectivity index (χ0) is 16.4. The topological polar surface area (TPSA) is 49.4 Å². The van der Waals surface area contributed by atoms with Crippen LogP contribution in [0.4, 0.5) is 0 Å². The fourth-order valence-corrected chi connectivity index (χ4v) is 4.89. The molecule has 2 aliphatic rings. The Hall–Kier alpha value is -1.49. The van der Waals surface area contributed by atoms with Gasteiger partial charge >= 0.3 is 0 Å². The van der Waals surface area contributed by atoms with E-state index in [1.54, 1.807) is 11.8 Å². The number of carbonyl (C=O) groups is 2. The molecule has 0 saturated carbocycles. The molecule has 23 heavy (non-hydrogen) atoms. The molecule has 3 atom stereocenters. The van der Waals surface area contributed by atoms with E-state index < -0.39 is 0 Å². The maximum absolute atomic E-state index is 12.6. The quantitative estimate of drug-likeness (QED) is 0.901. The lowest BCUT2D eigenvalue weighted by Crippen LogP contribution is -2.51. The minimum Gasteiger partial charge on any atom is -0.352 e. The van der Waals surface area contributed by atoms with Crippen molar-refractivity contribution < 1.29 is 9.59 Å². The molecule has 0 aromatic heterocycles. The third-order valence-electron chi connectivity index (χ3n) is 4.85. The highest BCUT2D eigenvalue weighted by Gasteiger charge is 2.52. The molecule has 2 amide bonds. The van der Waals surface area contributed by atoms with Crippen LogP contribution in [-0.4, -0.2) is 39.4 Å². The molecule has 2 aliphatic heterocycles. The molecule has 5 heteroatoms. The van der Waals surface area contributed by atoms with Crippen molar-refractivity contribution in [3.8, 4) is 0 Å². The number of fused-ring (bicyclic) bond motifs is 1. The summed E-state index contributed by atoms with van der Waals surface area (Å²) in [5.41, 5.74) is 1.28. The standard InChI is InChI=1S/C18H24N2O2S/c1-13(8-9-14-6-4-3-5-7-14)19-17(22)15-12-23-18(2)11-10-16(21)20(15)18/h3-7,13,15H,8-12H2,1-2H3,(H,19,22)/t13-,15+,18+/m1/s1. The fraction of sp³-hybridized carbons (Fsp3) is 0.556. The van der Waals surface area contributed by atoms with Gasteiger partial charge in [0.15, 0.2) is 0 Å². The molecule has 3 rings (SSSR count). The Morgan fingerprint density at radius 3 is 2.91 bits per heavy atom. The number of benzene rings is 1. The largest absolute Gasteiger partial charge is 0.352 e. The molecule has 0 radical (unpaired) electrons. The maximum Gasteiger partial charge on any atom is 0.243 e. The van der Waals surface area contributed by atoms with E-state index in [4.69, 9.17) is 0 Å². The number of hydrogen-bond acceptors (Lipinski definition) is 3. The van der Waals surface area contributed by atoms with Crippen LogP contribution in [0.1, 0.15) is 38.7 Å². The van der Waals surface area contributed by atoms with Crippen LogP contribution in [-0.2, 0) is 16.0 Å². The third-order valence-corrected chi connectivity index (χ3v) is 6.35. The van der Waals surface area contributed by atoms with E-state index >= 15 is 0 Å². The maximum atomic E-state index is 12.6. The summed E-state index contributed by atoms with van der Waals surface area (Å²) in [5, 5.41) is 3.10. The Balaban J connectivity index is 1.54. The van der Waals surface area contributed by atoms with Crippen LogP contribution < -0.4 is 5.32 Å². The summed E-state index contributed by atoms with van der Waals surface area (Å²) in [4.78, 5) is 26.3. The average Bonchev–Trinajstić information content (AvgIpc) is 3.03. The van der Waals surface area contributed by atoms with Crippen molar-refractivity contribution >= 4 is 23.6 Å². The van der Waals surface area contributed by atoms with Gasteiger partial charge in [-0.25, -0.2) is 0 Å². The Morgan fingerprint density at radius 1 is 1.43 bits per heavy atom. The van der Waals surface area contributed by atoms with E-state index in [1.165, 1.54) is 5.56 Å². The highest BCUT2D eigenvalue weighted by Crippen LogP contribution is 2.47. The lowest BCUT2D eigenvalue weighted by atomic mass is 10.1. The molecule has 0 bridgehead atoms. The van der Waals surface area contributed by atoms with Crippen molar-refractivity contribution in [1.29, 1.82) is 0 Å². The zero-order valence-corrected chi connectivity index (χ0v) is 14.6. The van der Waals surface area contributed by atoms with Gasteiger partial charge in [-0.3, -0.25) is 9.59 Å². The molecule has 2 saturated heterocycles. The lowest BCUT2D eigenvalue weighted by Gasteiger charge is -2.30. The number of hydrogen-bond donors (Lipinski definition) is 1. The van der Waals surface area contributed by atoms with Gasteiger partial charge in [0.05, 0.1) is 4.87 Å². The SMILES string of the molecule is C[C@H](CCc1ccccc1)NC(=O)[C@@H]1CS[C@@]2(C)CCC(=O)N12. The fourth-order valence-electron chi connectivity index (χ4n) is 3.45. The molecule has 1 aromatic rings. The number of amides is 2. The van der Waals surface area contributed by atoms with Gasteiger partial charge in [-0.15, -0.1) is 11.8 Å². The molecular weight excluding hydrogens is 308 g/mol. The normalized spacial score (nSPS) is 27.8. The molecule has 4 nitrogen and oxygen atoms in total. The molecule has 1 aromatic carbocycles. The van der Waals surface area contributed by atoms with E-state index in [9.17, 15) is 9.59 Å². The van der Waals surface area contributed by atoms with Crippen molar-refractivity contribution in [3.05, 3.63) is 35.9 Å². The van der Waals surface area contributed by atoms with Gasteiger partial charge in [-0.2, -0.15) is 0 Å². The summed E-state index contributed by atoms with van der Waals surface area (Å²) in [5.74, 6) is 0.825. The molecule has 0 aliphatic carbocycles. The summed E-state index contributed by atoms with van der Waals surface area (Å²) < 4.78 is 0. The first-order valence-corrected chi connectivity index (χ1v) is 9.28. The van der Waals surface area contributed by atoms with Gasteiger partial charge in [0.1, 0.15) is 6.04 Å². The van der Waals surface area contributed by atoms with E-state index in [1.807, 2.05) is 30.0 Å². The van der Waals surface area contributed by atoms with Crippen molar-refractivity contribution in [2.45, 2.75) is 56.5 Å². The van der Waals surface area contributed by atoms with Crippen LogP contribution in [0.25, 0.3) is 0 Å². The summed E-state index contributed by atoms with van der Waals surface area (Å²) in [6.07, 6.45) is 3.27. The summed E-state index contributed by atoms with van der Waals surface area (Å²) in [6.45, 7) is 4.11. The molecule has 0 unspecified atom stereocenters. The van der Waals surface area contributed by atoms with Gasteiger partial charge < -0.3 is 10.2 Å². The minimum absolute atomic E-state index is 0.00274. The molecule has 1 N–H and O–H groups in total. The number of thioether (sulfide) groups is 1. The Morgan fingerprint density at radius 2 is 2.17 bits per heavy atom. The predicted octanol–water partition coefficient (Wildman–Crippen LogP) is 2.58. The van der Waals surface area contributed by atoms with Gasteiger partial charge in [0.25, 0.3) is 0 Å². The first-order chi connectivity index (χ1) is 11.0. The van der Waals surface area contributed by atoms with Crippen LogP contribution in [0, 0.1) is 0 Å². The van der Waals surface area contributed by atoms with Crippen LogP contribution in [0.15, 0.2) is 30.3 Å². The smallest absolute Gasteiger partial charge is 0.243 e. The Bertz CT molecular complexity index is 592. The van der Waals surface area contributed by atoms with Crippen LogP contribution in [0.5, 0.6) is 0 Å². The van der Waals surface area contributed by atoms with E-state index in [2.05, 4.69) is 24.4 Å². The van der Waals surface area contributed by atoms with Gasteiger partial charge in [-0.05, 0) is 38.7 Å².